The second kappa shape index (κ2) is 3.58. The highest BCUT2D eigenvalue weighted by Crippen LogP contribution is 2.22. The third-order valence-corrected chi connectivity index (χ3v) is 2.68. The number of carbonyl (C=O) groups excluding carboxylic acids is 1. The van der Waals surface area contributed by atoms with Crippen molar-refractivity contribution in [3.05, 3.63) is 6.20 Å². The van der Waals surface area contributed by atoms with Crippen molar-refractivity contribution in [2.24, 2.45) is 7.05 Å². The van der Waals surface area contributed by atoms with Crippen molar-refractivity contribution in [1.29, 1.82) is 0 Å². The van der Waals surface area contributed by atoms with E-state index in [0.717, 1.165) is 0 Å². The summed E-state index contributed by atoms with van der Waals surface area (Å²) >= 11 is 0. The maximum absolute atomic E-state index is 11.0. The summed E-state index contributed by atoms with van der Waals surface area (Å²) in [4.78, 5) is 10.5. The summed E-state index contributed by atoms with van der Waals surface area (Å²) in [6.07, 6.45) is 1.22. The molecule has 1 rings (SSSR count). The summed E-state index contributed by atoms with van der Waals surface area (Å²) in [6, 6.07) is 0. The number of nitrogens with one attached hydrogen (secondary N) is 1. The Balaban J connectivity index is 3.23. The van der Waals surface area contributed by atoms with Crippen molar-refractivity contribution in [2.75, 3.05) is 5.32 Å². The van der Waals surface area contributed by atoms with Crippen LogP contribution >= 0.6 is 10.7 Å². The van der Waals surface area contributed by atoms with Crippen LogP contribution in [0.25, 0.3) is 0 Å². The molecule has 0 radical (unpaired) electrons. The number of aryl methyl sites for hydroxylation is 1. The van der Waals surface area contributed by atoms with Gasteiger partial charge in [0.05, 0.1) is 0 Å². The molecule has 0 aliphatic carbocycles. The summed E-state index contributed by atoms with van der Waals surface area (Å²) in [5, 5.41) is 6.00. The largest absolute Gasteiger partial charge is 0.308 e. The number of nitrogens with zero attached hydrogens (tertiary/aromatic N) is 2. The van der Waals surface area contributed by atoms with E-state index in [9.17, 15) is 13.2 Å². The molecule has 1 amide bonds. The van der Waals surface area contributed by atoms with Gasteiger partial charge in [-0.15, -0.1) is 0 Å². The van der Waals surface area contributed by atoms with Crippen LogP contribution in [0.15, 0.2) is 11.1 Å². The van der Waals surface area contributed by atoms with E-state index in [1.807, 2.05) is 0 Å². The highest BCUT2D eigenvalue weighted by Gasteiger charge is 2.20. The van der Waals surface area contributed by atoms with Crippen LogP contribution in [0.2, 0.25) is 0 Å². The Morgan fingerprint density at radius 1 is 1.64 bits per heavy atom. The van der Waals surface area contributed by atoms with Crippen LogP contribution in [0.1, 0.15) is 6.92 Å². The van der Waals surface area contributed by atoms with Gasteiger partial charge in [-0.2, -0.15) is 5.10 Å². The molecular weight excluding hydrogens is 230 g/mol. The summed E-state index contributed by atoms with van der Waals surface area (Å²) in [7, 11) is 2.77. The van der Waals surface area contributed by atoms with Crippen molar-refractivity contribution in [3.8, 4) is 0 Å². The minimum absolute atomic E-state index is 0.0602. The number of hydrogen-bond acceptors (Lipinski definition) is 4. The molecule has 0 bridgehead atoms. The van der Waals surface area contributed by atoms with E-state index in [4.69, 9.17) is 10.7 Å². The van der Waals surface area contributed by atoms with Gasteiger partial charge in [-0.3, -0.25) is 9.48 Å². The van der Waals surface area contributed by atoms with Gasteiger partial charge in [0, 0.05) is 30.9 Å². The topological polar surface area (TPSA) is 81.1 Å². The molecule has 0 aliphatic heterocycles. The van der Waals surface area contributed by atoms with Gasteiger partial charge in [-0.05, 0) is 0 Å². The van der Waals surface area contributed by atoms with Crippen molar-refractivity contribution in [2.45, 2.75) is 11.8 Å². The normalized spacial score (nSPS) is 11.4. The van der Waals surface area contributed by atoms with Gasteiger partial charge in [-0.1, -0.05) is 0 Å². The van der Waals surface area contributed by atoms with E-state index < -0.39 is 15.0 Å². The summed E-state index contributed by atoms with van der Waals surface area (Å²) in [5.74, 6) is -0.472. The molecular formula is C6H8ClN3O3S. The van der Waals surface area contributed by atoms with Crippen LogP contribution in [-0.2, 0) is 20.9 Å². The monoisotopic (exact) mass is 237 g/mol. The number of halogens is 1. The molecule has 78 valence electrons. The minimum Gasteiger partial charge on any atom is -0.308 e. The lowest BCUT2D eigenvalue weighted by atomic mass is 10.6. The van der Waals surface area contributed by atoms with Crippen LogP contribution in [0.4, 0.5) is 5.82 Å². The highest BCUT2D eigenvalue weighted by atomic mass is 35.7. The van der Waals surface area contributed by atoms with Crippen LogP contribution in [-0.4, -0.2) is 24.1 Å². The molecule has 0 unspecified atom stereocenters. The third kappa shape index (κ3) is 2.46. The number of aromatic nitrogens is 2. The van der Waals surface area contributed by atoms with Crippen LogP contribution in [0.3, 0.4) is 0 Å². The van der Waals surface area contributed by atoms with E-state index in [1.165, 1.54) is 24.9 Å². The third-order valence-electron chi connectivity index (χ3n) is 1.35. The first-order chi connectivity index (χ1) is 6.30. The maximum atomic E-state index is 11.0. The van der Waals surface area contributed by atoms with Gasteiger partial charge in [0.2, 0.25) is 5.91 Å². The number of carbonyl (C=O) groups is 1. The summed E-state index contributed by atoms with van der Waals surface area (Å²) in [6.45, 7) is 1.25. The Labute approximate surface area is 85.3 Å². The molecule has 0 atom stereocenters. The zero-order chi connectivity index (χ0) is 10.9. The molecule has 8 heteroatoms. The van der Waals surface area contributed by atoms with Crippen molar-refractivity contribution >= 4 is 31.5 Å². The van der Waals surface area contributed by atoms with Gasteiger partial charge < -0.3 is 5.32 Å². The van der Waals surface area contributed by atoms with Crippen LogP contribution in [0.5, 0.6) is 0 Å². The molecule has 14 heavy (non-hydrogen) atoms. The molecule has 0 spiro atoms. The molecule has 1 N–H and O–H groups in total. The number of anilines is 1. The second-order valence-electron chi connectivity index (χ2n) is 2.63. The lowest BCUT2D eigenvalue weighted by Gasteiger charge is -1.97. The Morgan fingerprint density at radius 3 is 2.64 bits per heavy atom. The van der Waals surface area contributed by atoms with Gasteiger partial charge >= 0.3 is 0 Å². The second-order valence-corrected chi connectivity index (χ2v) is 5.17. The van der Waals surface area contributed by atoms with Crippen molar-refractivity contribution < 1.29 is 13.2 Å². The summed E-state index contributed by atoms with van der Waals surface area (Å²) in [5.41, 5.74) is 0. The lowest BCUT2D eigenvalue weighted by Crippen LogP contribution is -2.08. The van der Waals surface area contributed by atoms with E-state index in [1.54, 1.807) is 0 Å². The number of hydrogen-bond donors (Lipinski definition) is 1. The fourth-order valence-electron chi connectivity index (χ4n) is 0.898. The molecule has 0 saturated heterocycles. The molecule has 0 aromatic carbocycles. The number of amides is 1. The van der Waals surface area contributed by atoms with Crippen LogP contribution in [0, 0.1) is 0 Å². The fraction of sp³-hybridized carbons (Fsp3) is 0.333. The van der Waals surface area contributed by atoms with E-state index in [-0.39, 0.29) is 10.7 Å². The molecule has 1 heterocycles. The zero-order valence-corrected chi connectivity index (χ0v) is 9.06. The first kappa shape index (κ1) is 11.0. The van der Waals surface area contributed by atoms with Gasteiger partial charge in [-0.25, -0.2) is 8.42 Å². The van der Waals surface area contributed by atoms with Crippen molar-refractivity contribution in [3.63, 3.8) is 0 Å². The predicted octanol–water partition coefficient (Wildman–Crippen LogP) is 0.306. The standard InChI is InChI=1S/C6H8ClN3O3S/c1-4(11)8-6-5(14(7,12)13)3-10(2)9-6/h3H,1-2H3,(H,8,9,11). The molecule has 1 aromatic rings. The molecule has 6 nitrogen and oxygen atoms in total. The molecule has 1 aromatic heterocycles. The van der Waals surface area contributed by atoms with E-state index in [0.29, 0.717) is 0 Å². The average molecular weight is 238 g/mol. The quantitative estimate of drug-likeness (QED) is 0.751. The van der Waals surface area contributed by atoms with Crippen molar-refractivity contribution in [1.82, 2.24) is 9.78 Å². The molecule has 0 aliphatic rings. The maximum Gasteiger partial charge on any atom is 0.266 e. The Morgan fingerprint density at radius 2 is 2.21 bits per heavy atom. The Hall–Kier alpha value is -1.08. The minimum atomic E-state index is -3.88. The fourth-order valence-corrected chi connectivity index (χ4v) is 1.84. The highest BCUT2D eigenvalue weighted by molar-refractivity contribution is 8.13. The predicted molar refractivity (Wildman–Crippen MR) is 50.6 cm³/mol. The van der Waals surface area contributed by atoms with Crippen LogP contribution < -0.4 is 5.32 Å². The van der Waals surface area contributed by atoms with E-state index in [2.05, 4.69) is 10.4 Å². The first-order valence-corrected chi connectivity index (χ1v) is 5.87. The SMILES string of the molecule is CC(=O)Nc1nn(C)cc1S(=O)(=O)Cl. The lowest BCUT2D eigenvalue weighted by molar-refractivity contribution is -0.114. The number of rotatable bonds is 2. The van der Waals surface area contributed by atoms with Gasteiger partial charge in [0.25, 0.3) is 9.05 Å². The molecule has 0 saturated carbocycles. The zero-order valence-electron chi connectivity index (χ0n) is 7.48. The van der Waals surface area contributed by atoms with E-state index >= 15 is 0 Å². The van der Waals surface area contributed by atoms with Gasteiger partial charge in [0.15, 0.2) is 5.82 Å². The Kier molecular flexibility index (Phi) is 2.81. The smallest absolute Gasteiger partial charge is 0.266 e. The first-order valence-electron chi connectivity index (χ1n) is 3.56. The Bertz CT molecular complexity index is 465. The summed E-state index contributed by atoms with van der Waals surface area (Å²) < 4.78 is 23.3. The molecule has 0 fully saturated rings. The van der Waals surface area contributed by atoms with Gasteiger partial charge in [0.1, 0.15) is 4.90 Å². The average Bonchev–Trinajstić information content (AvgIpc) is 2.28.